The minimum absolute atomic E-state index is 0.0916. The van der Waals surface area contributed by atoms with Crippen molar-refractivity contribution in [3.8, 4) is 0 Å². The van der Waals surface area contributed by atoms with Crippen molar-refractivity contribution in [1.29, 1.82) is 0 Å². The van der Waals surface area contributed by atoms with Crippen molar-refractivity contribution in [2.75, 3.05) is 18.4 Å². The molecular weight excluding hydrogens is 290 g/mol. The summed E-state index contributed by atoms with van der Waals surface area (Å²) in [5.74, 6) is 0.162. The van der Waals surface area contributed by atoms with E-state index in [2.05, 4.69) is 10.6 Å². The zero-order chi connectivity index (χ0) is 16.2. The number of rotatable bonds is 5. The Hall–Kier alpha value is -2.40. The molecule has 23 heavy (non-hydrogen) atoms. The van der Waals surface area contributed by atoms with Gasteiger partial charge in [0.15, 0.2) is 0 Å². The first-order valence-electron chi connectivity index (χ1n) is 7.90. The Morgan fingerprint density at radius 2 is 2.00 bits per heavy atom. The summed E-state index contributed by atoms with van der Waals surface area (Å²) >= 11 is 0. The van der Waals surface area contributed by atoms with E-state index in [1.165, 1.54) is 0 Å². The Bertz CT molecular complexity index is 735. The molecule has 120 valence electrons. The Morgan fingerprint density at radius 1 is 1.26 bits per heavy atom. The number of amides is 1. The molecule has 1 fully saturated rings. The highest BCUT2D eigenvalue weighted by Gasteiger charge is 2.29. The van der Waals surface area contributed by atoms with Gasteiger partial charge in [0, 0.05) is 12.1 Å². The zero-order valence-electron chi connectivity index (χ0n) is 13.2. The molecule has 5 heteroatoms. The van der Waals surface area contributed by atoms with Gasteiger partial charge < -0.3 is 15.2 Å². The Morgan fingerprint density at radius 3 is 2.65 bits per heavy atom. The van der Waals surface area contributed by atoms with Crippen LogP contribution in [0.25, 0.3) is 0 Å². The molecule has 1 saturated heterocycles. The first-order valence-corrected chi connectivity index (χ1v) is 7.90. The van der Waals surface area contributed by atoms with E-state index >= 15 is 0 Å². The van der Waals surface area contributed by atoms with Crippen LogP contribution in [0.3, 0.4) is 0 Å². The number of nitrogens with one attached hydrogen (secondary N) is 2. The van der Waals surface area contributed by atoms with E-state index in [9.17, 15) is 9.59 Å². The summed E-state index contributed by atoms with van der Waals surface area (Å²) in [6.45, 7) is 4.13. The van der Waals surface area contributed by atoms with Gasteiger partial charge in [0.2, 0.25) is 5.91 Å². The molecule has 2 aromatic rings. The van der Waals surface area contributed by atoms with Gasteiger partial charge in [0.25, 0.3) is 5.56 Å². The molecule has 2 heterocycles. The molecule has 2 N–H and O–H groups in total. The van der Waals surface area contributed by atoms with Gasteiger partial charge in [-0.2, -0.15) is 0 Å². The van der Waals surface area contributed by atoms with Crippen molar-refractivity contribution in [2.24, 2.45) is 11.8 Å². The molecule has 0 radical (unpaired) electrons. The largest absolute Gasteiger partial charge is 0.321 e. The summed E-state index contributed by atoms with van der Waals surface area (Å²) in [6, 6.07) is 13.2. The predicted octanol–water partition coefficient (Wildman–Crippen LogP) is 1.69. The van der Waals surface area contributed by atoms with Gasteiger partial charge in [-0.05, 0) is 36.7 Å². The number of carbonyl (C=O) groups excluding carboxylic acids is 1. The first kappa shape index (κ1) is 15.5. The smallest absolute Gasteiger partial charge is 0.274 e. The van der Waals surface area contributed by atoms with Gasteiger partial charge in [-0.15, -0.1) is 0 Å². The van der Waals surface area contributed by atoms with Crippen LogP contribution in [0, 0.1) is 11.8 Å². The number of hydrogen-bond acceptors (Lipinski definition) is 3. The number of hydrogen-bond donors (Lipinski definition) is 2. The Labute approximate surface area is 135 Å². The van der Waals surface area contributed by atoms with Crippen LogP contribution >= 0.6 is 0 Å². The second-order valence-corrected chi connectivity index (χ2v) is 6.04. The zero-order valence-corrected chi connectivity index (χ0v) is 13.2. The number of carbonyl (C=O) groups is 1. The summed E-state index contributed by atoms with van der Waals surface area (Å²) in [7, 11) is 0. The third-order valence-electron chi connectivity index (χ3n) is 4.41. The van der Waals surface area contributed by atoms with Gasteiger partial charge in [0.1, 0.15) is 5.69 Å². The number of pyridine rings is 1. The molecule has 1 unspecified atom stereocenters. The summed E-state index contributed by atoms with van der Waals surface area (Å²) in [5, 5.41) is 5.95. The van der Waals surface area contributed by atoms with Crippen molar-refractivity contribution in [2.45, 2.75) is 13.5 Å². The second kappa shape index (κ2) is 6.79. The standard InChI is InChI=1S/C18H21N3O2/c1-13(15-10-19-11-15)17(22)20-16-8-5-9-21(18(16)23)12-14-6-3-2-4-7-14/h2-9,13,15,19H,10-12H2,1H3,(H,20,22). The van der Waals surface area contributed by atoms with Crippen molar-refractivity contribution in [3.63, 3.8) is 0 Å². The monoisotopic (exact) mass is 311 g/mol. The molecule has 1 aromatic carbocycles. The SMILES string of the molecule is CC(C(=O)Nc1cccn(Cc2ccccc2)c1=O)C1CNC1. The van der Waals surface area contributed by atoms with Crippen LogP contribution < -0.4 is 16.2 Å². The predicted molar refractivity (Wildman–Crippen MR) is 90.4 cm³/mol. The molecule has 5 nitrogen and oxygen atoms in total. The maximum atomic E-state index is 12.5. The maximum absolute atomic E-state index is 12.5. The minimum Gasteiger partial charge on any atom is -0.321 e. The van der Waals surface area contributed by atoms with Crippen LogP contribution in [-0.4, -0.2) is 23.6 Å². The third-order valence-corrected chi connectivity index (χ3v) is 4.41. The number of benzene rings is 1. The fraction of sp³-hybridized carbons (Fsp3) is 0.333. The summed E-state index contributed by atoms with van der Waals surface area (Å²) in [6.07, 6.45) is 1.74. The lowest BCUT2D eigenvalue weighted by Crippen LogP contribution is -2.48. The van der Waals surface area contributed by atoms with Crippen molar-refractivity contribution < 1.29 is 4.79 Å². The molecule has 1 atom stereocenters. The van der Waals surface area contributed by atoms with E-state index < -0.39 is 0 Å². The molecule has 0 aliphatic carbocycles. The summed E-state index contributed by atoms with van der Waals surface area (Å²) in [4.78, 5) is 24.8. The number of anilines is 1. The lowest BCUT2D eigenvalue weighted by molar-refractivity contribution is -0.121. The third kappa shape index (κ3) is 3.51. The highest BCUT2D eigenvalue weighted by molar-refractivity contribution is 5.92. The van der Waals surface area contributed by atoms with Crippen LogP contribution in [0.4, 0.5) is 5.69 Å². The minimum atomic E-state index is -0.177. The molecule has 1 aliphatic rings. The van der Waals surface area contributed by atoms with Crippen LogP contribution in [0.5, 0.6) is 0 Å². The van der Waals surface area contributed by atoms with E-state index in [0.717, 1.165) is 18.7 Å². The molecule has 3 rings (SSSR count). The van der Waals surface area contributed by atoms with E-state index in [-0.39, 0.29) is 17.4 Å². The summed E-state index contributed by atoms with van der Waals surface area (Å²) in [5.41, 5.74) is 1.21. The lowest BCUT2D eigenvalue weighted by Gasteiger charge is -2.31. The van der Waals surface area contributed by atoms with Gasteiger partial charge >= 0.3 is 0 Å². The van der Waals surface area contributed by atoms with E-state index in [1.54, 1.807) is 22.9 Å². The van der Waals surface area contributed by atoms with Crippen LogP contribution in [0.15, 0.2) is 53.5 Å². The maximum Gasteiger partial charge on any atom is 0.274 e. The van der Waals surface area contributed by atoms with Gasteiger partial charge in [0.05, 0.1) is 6.54 Å². The van der Waals surface area contributed by atoms with Crippen LogP contribution in [0.1, 0.15) is 12.5 Å². The van der Waals surface area contributed by atoms with Crippen molar-refractivity contribution in [3.05, 3.63) is 64.6 Å². The second-order valence-electron chi connectivity index (χ2n) is 6.04. The van der Waals surface area contributed by atoms with E-state index in [0.29, 0.717) is 18.2 Å². The molecule has 1 aromatic heterocycles. The fourth-order valence-electron chi connectivity index (χ4n) is 2.66. The highest BCUT2D eigenvalue weighted by Crippen LogP contribution is 2.17. The Balaban J connectivity index is 1.74. The van der Waals surface area contributed by atoms with Crippen molar-refractivity contribution in [1.82, 2.24) is 9.88 Å². The van der Waals surface area contributed by atoms with Crippen molar-refractivity contribution >= 4 is 11.6 Å². The normalized spacial score (nSPS) is 15.7. The van der Waals surface area contributed by atoms with Crippen LogP contribution in [0.2, 0.25) is 0 Å². The average Bonchev–Trinajstić information content (AvgIpc) is 2.50. The number of aromatic nitrogens is 1. The summed E-state index contributed by atoms with van der Waals surface area (Å²) < 4.78 is 1.61. The van der Waals surface area contributed by atoms with E-state index in [4.69, 9.17) is 0 Å². The molecule has 0 saturated carbocycles. The molecular formula is C18H21N3O2. The first-order chi connectivity index (χ1) is 11.1. The average molecular weight is 311 g/mol. The highest BCUT2D eigenvalue weighted by atomic mass is 16.2. The van der Waals surface area contributed by atoms with Gasteiger partial charge in [-0.1, -0.05) is 37.3 Å². The van der Waals surface area contributed by atoms with Crippen LogP contribution in [-0.2, 0) is 11.3 Å². The Kier molecular flexibility index (Phi) is 4.57. The van der Waals surface area contributed by atoms with Gasteiger partial charge in [-0.3, -0.25) is 9.59 Å². The lowest BCUT2D eigenvalue weighted by atomic mass is 9.88. The van der Waals surface area contributed by atoms with E-state index in [1.807, 2.05) is 37.3 Å². The van der Waals surface area contributed by atoms with Gasteiger partial charge in [-0.25, -0.2) is 0 Å². The molecule has 1 aliphatic heterocycles. The molecule has 0 bridgehead atoms. The number of nitrogens with zero attached hydrogens (tertiary/aromatic N) is 1. The molecule has 1 amide bonds. The fourth-order valence-corrected chi connectivity index (χ4v) is 2.66. The molecule has 0 spiro atoms. The quantitative estimate of drug-likeness (QED) is 0.883. The topological polar surface area (TPSA) is 63.1 Å².